The third kappa shape index (κ3) is 4.19. The lowest BCUT2D eigenvalue weighted by Gasteiger charge is -2.09. The van der Waals surface area contributed by atoms with Crippen molar-refractivity contribution in [3.8, 4) is 0 Å². The maximum Gasteiger partial charge on any atom is 0.373 e. The van der Waals surface area contributed by atoms with Crippen molar-refractivity contribution in [1.29, 1.82) is 0 Å². The number of methoxy groups -OCH3 is 1. The molecule has 0 aliphatic carbocycles. The Bertz CT molecular complexity index is 1500. The Morgan fingerprint density at radius 3 is 2.63 bits per heavy atom. The number of carbonyl (C=O) groups excluding carboxylic acids is 3. The first-order valence-electron chi connectivity index (χ1n) is 10.8. The zero-order valence-corrected chi connectivity index (χ0v) is 18.7. The molecule has 35 heavy (non-hydrogen) atoms. The molecule has 9 heteroatoms. The van der Waals surface area contributed by atoms with Crippen LogP contribution in [0, 0.1) is 5.82 Å². The van der Waals surface area contributed by atoms with E-state index in [1.807, 2.05) is 35.0 Å². The Morgan fingerprint density at radius 1 is 1.06 bits per heavy atom. The molecule has 0 radical (unpaired) electrons. The molecule has 0 unspecified atom stereocenters. The smallest absolute Gasteiger partial charge is 0.373 e. The minimum Gasteiger partial charge on any atom is -0.463 e. The fraction of sp³-hybridized carbons (Fsp3) is 0.115. The highest BCUT2D eigenvalue weighted by atomic mass is 19.1. The van der Waals surface area contributed by atoms with Crippen LogP contribution >= 0.6 is 0 Å². The number of carbonyl (C=O) groups is 3. The van der Waals surface area contributed by atoms with E-state index >= 15 is 0 Å². The molecule has 2 aromatic heterocycles. The summed E-state index contributed by atoms with van der Waals surface area (Å²) >= 11 is 0. The van der Waals surface area contributed by atoms with Crippen molar-refractivity contribution in [3.63, 3.8) is 0 Å². The number of amides is 3. The molecular formula is C26H20FN3O5. The molecule has 1 aliphatic rings. The van der Waals surface area contributed by atoms with Crippen LogP contribution in [-0.2, 0) is 22.6 Å². The maximum absolute atomic E-state index is 14.2. The predicted octanol–water partition coefficient (Wildman–Crippen LogP) is 4.30. The van der Waals surface area contributed by atoms with Gasteiger partial charge in [0.15, 0.2) is 0 Å². The first-order chi connectivity index (χ1) is 16.9. The third-order valence-electron chi connectivity index (χ3n) is 5.74. The van der Waals surface area contributed by atoms with Crippen LogP contribution in [0.15, 0.2) is 77.0 Å². The van der Waals surface area contributed by atoms with E-state index in [9.17, 15) is 18.8 Å². The van der Waals surface area contributed by atoms with Gasteiger partial charge in [0.05, 0.1) is 20.2 Å². The molecule has 4 aromatic rings. The number of ether oxygens (including phenoxy) is 1. The monoisotopic (exact) mass is 473 g/mol. The molecule has 3 heterocycles. The van der Waals surface area contributed by atoms with Crippen LogP contribution < -0.4 is 5.32 Å². The second kappa shape index (κ2) is 8.94. The number of benzene rings is 2. The lowest BCUT2D eigenvalue weighted by atomic mass is 10.1. The maximum atomic E-state index is 14.2. The highest BCUT2D eigenvalue weighted by Crippen LogP contribution is 2.26. The van der Waals surface area contributed by atoms with Crippen LogP contribution in [0.1, 0.15) is 27.4 Å². The predicted molar refractivity (Wildman–Crippen MR) is 125 cm³/mol. The Morgan fingerprint density at radius 2 is 1.83 bits per heavy atom. The second-order valence-electron chi connectivity index (χ2n) is 7.96. The van der Waals surface area contributed by atoms with E-state index in [1.54, 1.807) is 24.3 Å². The second-order valence-corrected chi connectivity index (χ2v) is 7.96. The summed E-state index contributed by atoms with van der Waals surface area (Å²) in [7, 11) is 1.23. The largest absolute Gasteiger partial charge is 0.463 e. The molecule has 5 rings (SSSR count). The molecule has 1 saturated heterocycles. The molecule has 1 aliphatic heterocycles. The molecule has 1 fully saturated rings. The topological polar surface area (TPSA) is 93.8 Å². The summed E-state index contributed by atoms with van der Waals surface area (Å²) in [5, 5.41) is 3.44. The lowest BCUT2D eigenvalue weighted by molar-refractivity contribution is -0.123. The highest BCUT2D eigenvalue weighted by molar-refractivity contribution is 6.14. The Balaban J connectivity index is 1.43. The number of fused-ring (bicyclic) bond motifs is 1. The van der Waals surface area contributed by atoms with Gasteiger partial charge in [-0.15, -0.1) is 0 Å². The van der Waals surface area contributed by atoms with E-state index < -0.39 is 17.9 Å². The van der Waals surface area contributed by atoms with E-state index in [0.29, 0.717) is 17.7 Å². The molecule has 176 valence electrons. The van der Waals surface area contributed by atoms with E-state index in [1.165, 1.54) is 25.3 Å². The quantitative estimate of drug-likeness (QED) is 0.256. The van der Waals surface area contributed by atoms with Gasteiger partial charge in [-0.25, -0.2) is 14.0 Å². The number of furan rings is 1. The minimum absolute atomic E-state index is 0.0204. The molecule has 8 nitrogen and oxygen atoms in total. The number of halogens is 1. The zero-order valence-electron chi connectivity index (χ0n) is 18.7. The summed E-state index contributed by atoms with van der Waals surface area (Å²) in [4.78, 5) is 38.1. The molecule has 3 amide bonds. The van der Waals surface area contributed by atoms with Crippen LogP contribution in [0.5, 0.6) is 0 Å². The van der Waals surface area contributed by atoms with Gasteiger partial charge in [-0.2, -0.15) is 0 Å². The van der Waals surface area contributed by atoms with Gasteiger partial charge < -0.3 is 19.0 Å². The van der Waals surface area contributed by atoms with Crippen LogP contribution in [0.25, 0.3) is 17.0 Å². The Hall–Kier alpha value is -4.66. The summed E-state index contributed by atoms with van der Waals surface area (Å²) < 4.78 is 26.1. The summed E-state index contributed by atoms with van der Waals surface area (Å²) in [5.41, 5.74) is 2.20. The van der Waals surface area contributed by atoms with E-state index in [-0.39, 0.29) is 29.6 Å². The number of hydrogen-bond acceptors (Lipinski definition) is 5. The van der Waals surface area contributed by atoms with Crippen molar-refractivity contribution in [3.05, 3.63) is 101 Å². The van der Waals surface area contributed by atoms with Crippen molar-refractivity contribution >= 4 is 34.9 Å². The average molecular weight is 473 g/mol. The molecule has 0 saturated carbocycles. The highest BCUT2D eigenvalue weighted by Gasteiger charge is 2.34. The molecule has 2 aromatic carbocycles. The van der Waals surface area contributed by atoms with Crippen LogP contribution in [0.4, 0.5) is 9.18 Å². The molecule has 0 bridgehead atoms. The number of nitrogens with one attached hydrogen (secondary N) is 1. The van der Waals surface area contributed by atoms with Crippen LogP contribution in [0.3, 0.4) is 0 Å². The van der Waals surface area contributed by atoms with Gasteiger partial charge in [0.2, 0.25) is 5.76 Å². The van der Waals surface area contributed by atoms with Crippen LogP contribution in [-0.4, -0.2) is 34.5 Å². The SMILES string of the molecule is COC(=O)c1ccc(CN2C(=O)NC(=Cc3cn(Cc4ccccc4F)c4ccccc34)C2=O)o1. The number of nitrogens with zero attached hydrogens (tertiary/aromatic N) is 2. The summed E-state index contributed by atoms with van der Waals surface area (Å²) in [5.74, 6) is -1.24. The standard InChI is InChI=1S/C26H20FN3O5/c1-34-25(32)23-11-10-18(35-23)15-30-24(31)21(28-26(30)33)12-17-14-29(22-9-5-3-7-19(17)22)13-16-6-2-4-8-20(16)27/h2-12,14H,13,15H2,1H3,(H,28,33). The summed E-state index contributed by atoms with van der Waals surface area (Å²) in [6.07, 6.45) is 3.42. The molecule has 0 spiro atoms. The molecule has 1 N–H and O–H groups in total. The fourth-order valence-electron chi connectivity index (χ4n) is 4.03. The third-order valence-corrected chi connectivity index (χ3v) is 5.74. The number of aromatic nitrogens is 1. The van der Waals surface area contributed by atoms with Gasteiger partial charge in [-0.3, -0.25) is 9.69 Å². The van der Waals surface area contributed by atoms with Gasteiger partial charge in [-0.1, -0.05) is 36.4 Å². The number of esters is 1. The Labute approximate surface area is 199 Å². The molecular weight excluding hydrogens is 453 g/mol. The first kappa shape index (κ1) is 22.1. The van der Waals surface area contributed by atoms with Gasteiger partial charge >= 0.3 is 12.0 Å². The zero-order chi connectivity index (χ0) is 24.5. The van der Waals surface area contributed by atoms with E-state index in [0.717, 1.165) is 15.8 Å². The summed E-state index contributed by atoms with van der Waals surface area (Å²) in [6, 6.07) is 16.4. The van der Waals surface area contributed by atoms with Gasteiger partial charge in [0.1, 0.15) is 17.3 Å². The first-order valence-corrected chi connectivity index (χ1v) is 10.8. The van der Waals surface area contributed by atoms with E-state index in [4.69, 9.17) is 4.42 Å². The van der Waals surface area contributed by atoms with E-state index in [2.05, 4.69) is 10.1 Å². The fourth-order valence-corrected chi connectivity index (χ4v) is 4.03. The van der Waals surface area contributed by atoms with Gasteiger partial charge in [0, 0.05) is 28.2 Å². The lowest BCUT2D eigenvalue weighted by Crippen LogP contribution is -2.30. The Kier molecular flexibility index (Phi) is 5.66. The average Bonchev–Trinajstić information content (AvgIpc) is 3.54. The van der Waals surface area contributed by atoms with Gasteiger partial charge in [-0.05, 0) is 30.3 Å². The molecule has 0 atom stereocenters. The van der Waals surface area contributed by atoms with Crippen molar-refractivity contribution in [2.75, 3.05) is 7.11 Å². The number of hydrogen-bond donors (Lipinski definition) is 1. The van der Waals surface area contributed by atoms with Crippen molar-refractivity contribution < 1.29 is 27.9 Å². The van der Waals surface area contributed by atoms with Crippen molar-refractivity contribution in [2.24, 2.45) is 0 Å². The summed E-state index contributed by atoms with van der Waals surface area (Å²) in [6.45, 7) is 0.165. The number of para-hydroxylation sites is 1. The van der Waals surface area contributed by atoms with Crippen molar-refractivity contribution in [1.82, 2.24) is 14.8 Å². The number of urea groups is 1. The van der Waals surface area contributed by atoms with Crippen molar-refractivity contribution in [2.45, 2.75) is 13.1 Å². The van der Waals surface area contributed by atoms with Gasteiger partial charge in [0.25, 0.3) is 5.91 Å². The normalized spacial score (nSPS) is 14.7. The number of rotatable bonds is 6. The minimum atomic E-state index is -0.652. The van der Waals surface area contributed by atoms with Crippen LogP contribution in [0.2, 0.25) is 0 Å². The number of imide groups is 1.